The molecule has 0 radical (unpaired) electrons. The number of aromatic nitrogens is 1. The van der Waals surface area contributed by atoms with E-state index in [1.54, 1.807) is 36.4 Å². The zero-order chi connectivity index (χ0) is 21.8. The van der Waals surface area contributed by atoms with Crippen molar-refractivity contribution in [3.05, 3.63) is 88.4 Å². The Labute approximate surface area is 182 Å². The van der Waals surface area contributed by atoms with Gasteiger partial charge in [0.05, 0.1) is 23.3 Å². The topological polar surface area (TPSA) is 68.3 Å². The summed E-state index contributed by atoms with van der Waals surface area (Å²) in [5, 5.41) is 5.31. The van der Waals surface area contributed by atoms with Gasteiger partial charge in [0.1, 0.15) is 5.82 Å². The van der Waals surface area contributed by atoms with Gasteiger partial charge in [-0.2, -0.15) is 0 Å². The quantitative estimate of drug-likeness (QED) is 0.436. The lowest BCUT2D eigenvalue weighted by molar-refractivity contribution is -0.129. The zero-order valence-electron chi connectivity index (χ0n) is 16.7. The van der Waals surface area contributed by atoms with Gasteiger partial charge in [0.2, 0.25) is 0 Å². The van der Waals surface area contributed by atoms with E-state index in [1.165, 1.54) is 30.4 Å². The maximum Gasteiger partial charge on any atom is 0.339 e. The van der Waals surface area contributed by atoms with E-state index in [-0.39, 0.29) is 11.7 Å². The third kappa shape index (κ3) is 4.78. The molecule has 0 bridgehead atoms. The van der Waals surface area contributed by atoms with Crippen LogP contribution >= 0.6 is 11.3 Å². The van der Waals surface area contributed by atoms with E-state index in [0.29, 0.717) is 34.3 Å². The Morgan fingerprint density at radius 3 is 2.61 bits per heavy atom. The monoisotopic (exact) mass is 434 g/mol. The van der Waals surface area contributed by atoms with Crippen molar-refractivity contribution in [2.75, 3.05) is 0 Å². The summed E-state index contributed by atoms with van der Waals surface area (Å²) in [5.74, 6) is -1.36. The first-order chi connectivity index (χ1) is 15.0. The van der Waals surface area contributed by atoms with Crippen LogP contribution in [0.15, 0.2) is 72.1 Å². The molecule has 1 amide bonds. The third-order valence-corrected chi connectivity index (χ3v) is 5.62. The fraction of sp³-hybridized carbons (Fsp3) is 0.125. The molecule has 4 rings (SSSR count). The fourth-order valence-electron chi connectivity index (χ4n) is 3.12. The molecule has 156 valence electrons. The van der Waals surface area contributed by atoms with E-state index in [2.05, 4.69) is 10.3 Å². The molecule has 0 aliphatic rings. The molecule has 2 heterocycles. The highest BCUT2D eigenvalue weighted by atomic mass is 32.1. The predicted molar refractivity (Wildman–Crippen MR) is 118 cm³/mol. The number of amides is 1. The zero-order valence-corrected chi connectivity index (χ0v) is 17.5. The van der Waals surface area contributed by atoms with Crippen molar-refractivity contribution in [1.82, 2.24) is 10.3 Å². The molecule has 2 aromatic carbocycles. The van der Waals surface area contributed by atoms with Gasteiger partial charge >= 0.3 is 5.97 Å². The number of hydrogen-bond donors (Lipinski definition) is 1. The minimum Gasteiger partial charge on any atom is -0.449 e. The number of nitrogens with zero attached hydrogens (tertiary/aromatic N) is 1. The Balaban J connectivity index is 1.57. The van der Waals surface area contributed by atoms with E-state index >= 15 is 0 Å². The Hall–Kier alpha value is -3.58. The number of halogens is 1. The van der Waals surface area contributed by atoms with Crippen molar-refractivity contribution in [3.8, 4) is 11.3 Å². The highest BCUT2D eigenvalue weighted by Crippen LogP contribution is 2.26. The molecule has 5 nitrogen and oxygen atoms in total. The van der Waals surface area contributed by atoms with Crippen molar-refractivity contribution < 1.29 is 18.7 Å². The van der Waals surface area contributed by atoms with Crippen LogP contribution < -0.4 is 5.32 Å². The molecular weight excluding hydrogens is 415 g/mol. The lowest BCUT2D eigenvalue weighted by atomic mass is 10.0. The molecule has 1 atom stereocenters. The number of fused-ring (bicyclic) bond motifs is 1. The Morgan fingerprint density at radius 2 is 1.87 bits per heavy atom. The molecule has 2 aromatic heterocycles. The number of hydrogen-bond acceptors (Lipinski definition) is 5. The number of carbonyl (C=O) groups excluding carboxylic acids is 2. The van der Waals surface area contributed by atoms with Gasteiger partial charge < -0.3 is 10.1 Å². The Kier molecular flexibility index (Phi) is 6.04. The number of esters is 1. The van der Waals surface area contributed by atoms with Crippen molar-refractivity contribution in [3.63, 3.8) is 0 Å². The van der Waals surface area contributed by atoms with E-state index < -0.39 is 12.1 Å². The molecule has 1 unspecified atom stereocenters. The van der Waals surface area contributed by atoms with Crippen LogP contribution in [0.25, 0.3) is 22.2 Å². The maximum absolute atomic E-state index is 13.3. The maximum atomic E-state index is 13.3. The number of carbonyl (C=O) groups is 2. The number of nitrogens with one attached hydrogen (secondary N) is 1. The molecule has 7 heteroatoms. The van der Waals surface area contributed by atoms with Gasteiger partial charge in [-0.25, -0.2) is 14.2 Å². The average Bonchev–Trinajstić information content (AvgIpc) is 3.30. The smallest absolute Gasteiger partial charge is 0.339 e. The van der Waals surface area contributed by atoms with Crippen LogP contribution in [0.4, 0.5) is 4.39 Å². The van der Waals surface area contributed by atoms with Gasteiger partial charge in [0, 0.05) is 15.8 Å². The van der Waals surface area contributed by atoms with Crippen LogP contribution in [0.1, 0.15) is 22.2 Å². The first kappa shape index (κ1) is 20.7. The minimum absolute atomic E-state index is 0.294. The van der Waals surface area contributed by atoms with E-state index in [0.717, 1.165) is 4.88 Å². The number of para-hydroxylation sites is 1. The summed E-state index contributed by atoms with van der Waals surface area (Å²) in [6.45, 7) is 1.91. The molecule has 0 spiro atoms. The van der Waals surface area contributed by atoms with Gasteiger partial charge in [-0.3, -0.25) is 4.79 Å². The largest absolute Gasteiger partial charge is 0.449 e. The molecule has 0 saturated heterocycles. The van der Waals surface area contributed by atoms with E-state index in [1.807, 2.05) is 23.6 Å². The number of thiophene rings is 1. The summed E-state index contributed by atoms with van der Waals surface area (Å²) in [4.78, 5) is 30.9. The number of pyridine rings is 1. The Morgan fingerprint density at radius 1 is 1.10 bits per heavy atom. The van der Waals surface area contributed by atoms with Crippen LogP contribution in [0.5, 0.6) is 0 Å². The number of rotatable bonds is 6. The van der Waals surface area contributed by atoms with Crippen molar-refractivity contribution in [2.45, 2.75) is 19.6 Å². The average molecular weight is 434 g/mol. The summed E-state index contributed by atoms with van der Waals surface area (Å²) in [6, 6.07) is 18.5. The summed E-state index contributed by atoms with van der Waals surface area (Å²) in [7, 11) is 0. The van der Waals surface area contributed by atoms with Gasteiger partial charge in [0.15, 0.2) is 6.10 Å². The second-order valence-corrected chi connectivity index (χ2v) is 7.96. The standard InChI is InChI=1S/C24H19FN2O3S/c1-15(23(28)26-14-18-5-4-12-31-18)30-24(29)20-13-22(16-8-10-17(25)11-9-16)27-21-7-3-2-6-19(20)21/h2-13,15H,14H2,1H3,(H,26,28). The molecule has 4 aromatic rings. The van der Waals surface area contributed by atoms with Crippen molar-refractivity contribution in [1.29, 1.82) is 0 Å². The Bertz CT molecular complexity index is 1220. The first-order valence-corrected chi connectivity index (χ1v) is 10.6. The summed E-state index contributed by atoms with van der Waals surface area (Å²) in [6.07, 6.45) is -0.964. The van der Waals surface area contributed by atoms with Gasteiger partial charge in [-0.1, -0.05) is 24.3 Å². The van der Waals surface area contributed by atoms with Gasteiger partial charge in [0.25, 0.3) is 5.91 Å². The summed E-state index contributed by atoms with van der Waals surface area (Å²) < 4.78 is 18.8. The molecule has 31 heavy (non-hydrogen) atoms. The molecule has 0 aliphatic heterocycles. The molecule has 1 N–H and O–H groups in total. The second kappa shape index (κ2) is 9.06. The summed E-state index contributed by atoms with van der Waals surface area (Å²) in [5.41, 5.74) is 2.08. The SMILES string of the molecule is CC(OC(=O)c1cc(-c2ccc(F)cc2)nc2ccccc12)C(=O)NCc1cccs1. The van der Waals surface area contributed by atoms with Crippen LogP contribution in [0.2, 0.25) is 0 Å². The normalized spacial score (nSPS) is 11.8. The molecule has 0 saturated carbocycles. The molecule has 0 fully saturated rings. The van der Waals surface area contributed by atoms with Gasteiger partial charge in [-0.15, -0.1) is 11.3 Å². The highest BCUT2D eigenvalue weighted by molar-refractivity contribution is 7.09. The lowest BCUT2D eigenvalue weighted by Crippen LogP contribution is -2.35. The number of ether oxygens (including phenoxy) is 1. The summed E-state index contributed by atoms with van der Waals surface area (Å²) >= 11 is 1.54. The lowest BCUT2D eigenvalue weighted by Gasteiger charge is -2.15. The highest BCUT2D eigenvalue weighted by Gasteiger charge is 2.21. The number of benzene rings is 2. The molecule has 0 aliphatic carbocycles. The van der Waals surface area contributed by atoms with E-state index in [4.69, 9.17) is 4.74 Å². The predicted octanol–water partition coefficient (Wildman–Crippen LogP) is 4.96. The van der Waals surface area contributed by atoms with Crippen LogP contribution in [-0.2, 0) is 16.1 Å². The van der Waals surface area contributed by atoms with Crippen LogP contribution in [0, 0.1) is 5.82 Å². The van der Waals surface area contributed by atoms with Crippen LogP contribution in [-0.4, -0.2) is 23.0 Å². The second-order valence-electron chi connectivity index (χ2n) is 6.92. The first-order valence-electron chi connectivity index (χ1n) is 9.68. The van der Waals surface area contributed by atoms with Crippen molar-refractivity contribution in [2.24, 2.45) is 0 Å². The van der Waals surface area contributed by atoms with Crippen molar-refractivity contribution >= 4 is 34.1 Å². The minimum atomic E-state index is -0.964. The van der Waals surface area contributed by atoms with E-state index in [9.17, 15) is 14.0 Å². The van der Waals surface area contributed by atoms with Crippen LogP contribution in [0.3, 0.4) is 0 Å². The fourth-order valence-corrected chi connectivity index (χ4v) is 3.77. The molecular formula is C24H19FN2O3S. The third-order valence-electron chi connectivity index (χ3n) is 4.75. The van der Waals surface area contributed by atoms with Gasteiger partial charge in [-0.05, 0) is 54.8 Å².